The van der Waals surface area contributed by atoms with E-state index in [0.717, 1.165) is 32.4 Å². The zero-order chi connectivity index (χ0) is 13.6. The minimum absolute atomic E-state index is 0.240. The van der Waals surface area contributed by atoms with Crippen molar-refractivity contribution in [1.29, 1.82) is 0 Å². The van der Waals surface area contributed by atoms with Crippen molar-refractivity contribution in [2.75, 3.05) is 19.7 Å². The SMILES string of the molecule is CC(C)(CCCCN(CCO)C1CC1)C(N)=NO. The molecule has 4 N–H and O–H groups in total. The summed E-state index contributed by atoms with van der Waals surface area (Å²) in [6.07, 6.45) is 5.61. The average Bonchev–Trinajstić information content (AvgIpc) is 3.16. The van der Waals surface area contributed by atoms with Crippen molar-refractivity contribution in [3.05, 3.63) is 0 Å². The summed E-state index contributed by atoms with van der Waals surface area (Å²) in [5, 5.41) is 20.8. The molecule has 0 aliphatic heterocycles. The van der Waals surface area contributed by atoms with Crippen molar-refractivity contribution in [3.8, 4) is 0 Å². The lowest BCUT2D eigenvalue weighted by molar-refractivity contribution is 0.185. The van der Waals surface area contributed by atoms with Gasteiger partial charge in [-0.05, 0) is 32.2 Å². The predicted molar refractivity (Wildman–Crippen MR) is 72.7 cm³/mol. The molecule has 1 fully saturated rings. The second-order valence-electron chi connectivity index (χ2n) is 5.82. The van der Waals surface area contributed by atoms with Crippen molar-refractivity contribution >= 4 is 5.84 Å². The number of rotatable bonds is 9. The fourth-order valence-corrected chi connectivity index (χ4v) is 2.19. The highest BCUT2D eigenvalue weighted by Gasteiger charge is 2.28. The summed E-state index contributed by atoms with van der Waals surface area (Å²) in [5.41, 5.74) is 5.42. The van der Waals surface area contributed by atoms with Crippen LogP contribution in [0.2, 0.25) is 0 Å². The molecular weight excluding hydrogens is 230 g/mol. The number of nitrogens with zero attached hydrogens (tertiary/aromatic N) is 2. The number of oxime groups is 1. The molecule has 1 aliphatic rings. The second-order valence-corrected chi connectivity index (χ2v) is 5.82. The van der Waals surface area contributed by atoms with Gasteiger partial charge in [-0.2, -0.15) is 0 Å². The molecular formula is C13H27N3O2. The average molecular weight is 257 g/mol. The van der Waals surface area contributed by atoms with Gasteiger partial charge in [-0.1, -0.05) is 25.4 Å². The minimum atomic E-state index is -0.240. The minimum Gasteiger partial charge on any atom is -0.409 e. The van der Waals surface area contributed by atoms with Gasteiger partial charge in [-0.15, -0.1) is 0 Å². The molecule has 0 amide bonds. The molecule has 0 aromatic carbocycles. The predicted octanol–water partition coefficient (Wildman–Crippen LogP) is 1.39. The lowest BCUT2D eigenvalue weighted by atomic mass is 9.86. The smallest absolute Gasteiger partial charge is 0.144 e. The van der Waals surface area contributed by atoms with Gasteiger partial charge in [0, 0.05) is 18.0 Å². The van der Waals surface area contributed by atoms with Crippen LogP contribution in [0.4, 0.5) is 0 Å². The molecule has 0 unspecified atom stereocenters. The van der Waals surface area contributed by atoms with Gasteiger partial charge in [0.1, 0.15) is 5.84 Å². The van der Waals surface area contributed by atoms with Gasteiger partial charge in [0.25, 0.3) is 0 Å². The monoisotopic (exact) mass is 257 g/mol. The fourth-order valence-electron chi connectivity index (χ4n) is 2.19. The fraction of sp³-hybridized carbons (Fsp3) is 0.923. The lowest BCUT2D eigenvalue weighted by Crippen LogP contribution is -2.33. The molecule has 18 heavy (non-hydrogen) atoms. The van der Waals surface area contributed by atoms with E-state index in [1.54, 1.807) is 0 Å². The summed E-state index contributed by atoms with van der Waals surface area (Å²) in [5.74, 6) is 0.303. The van der Waals surface area contributed by atoms with Crippen LogP contribution in [0.25, 0.3) is 0 Å². The van der Waals surface area contributed by atoms with Crippen LogP contribution in [0.1, 0.15) is 46.0 Å². The van der Waals surface area contributed by atoms with Crippen molar-refractivity contribution in [2.45, 2.75) is 52.0 Å². The Morgan fingerprint density at radius 2 is 2.00 bits per heavy atom. The maximum atomic E-state index is 9.00. The van der Waals surface area contributed by atoms with Crippen LogP contribution in [0, 0.1) is 5.41 Å². The third-order valence-electron chi connectivity index (χ3n) is 3.75. The maximum absolute atomic E-state index is 9.00. The number of amidine groups is 1. The van der Waals surface area contributed by atoms with Crippen LogP contribution < -0.4 is 5.73 Å². The summed E-state index contributed by atoms with van der Waals surface area (Å²) >= 11 is 0. The number of hydrogen-bond acceptors (Lipinski definition) is 4. The van der Waals surface area contributed by atoms with E-state index in [9.17, 15) is 0 Å². The quantitative estimate of drug-likeness (QED) is 0.192. The highest BCUT2D eigenvalue weighted by molar-refractivity contribution is 5.85. The number of aliphatic hydroxyl groups is 1. The standard InChI is InChI=1S/C13H27N3O2/c1-13(2,12(14)15-18)7-3-4-8-16(9-10-17)11-5-6-11/h11,17-18H,3-10H2,1-2H3,(H2,14,15). The molecule has 0 spiro atoms. The Bertz CT molecular complexity index is 275. The Morgan fingerprint density at radius 1 is 1.33 bits per heavy atom. The molecule has 0 aromatic heterocycles. The topological polar surface area (TPSA) is 82.1 Å². The van der Waals surface area contributed by atoms with Gasteiger partial charge in [0.15, 0.2) is 0 Å². The number of aliphatic hydroxyl groups excluding tert-OH is 1. The maximum Gasteiger partial charge on any atom is 0.144 e. The summed E-state index contributed by atoms with van der Waals surface area (Å²) in [6, 6.07) is 0.703. The number of unbranched alkanes of at least 4 members (excludes halogenated alkanes) is 1. The molecule has 0 bridgehead atoms. The third kappa shape index (κ3) is 4.82. The Morgan fingerprint density at radius 3 is 2.50 bits per heavy atom. The van der Waals surface area contributed by atoms with Crippen molar-refractivity contribution in [1.82, 2.24) is 4.90 Å². The van der Waals surface area contributed by atoms with Crippen LogP contribution in [-0.2, 0) is 0 Å². The lowest BCUT2D eigenvalue weighted by Gasteiger charge is -2.24. The van der Waals surface area contributed by atoms with Gasteiger partial charge in [-0.3, -0.25) is 4.90 Å². The molecule has 0 radical (unpaired) electrons. The van der Waals surface area contributed by atoms with Gasteiger partial charge < -0.3 is 16.0 Å². The van der Waals surface area contributed by atoms with E-state index < -0.39 is 0 Å². The van der Waals surface area contributed by atoms with E-state index in [4.69, 9.17) is 16.0 Å². The first-order valence-corrected chi connectivity index (χ1v) is 6.84. The first kappa shape index (κ1) is 15.2. The zero-order valence-corrected chi connectivity index (χ0v) is 11.6. The largest absolute Gasteiger partial charge is 0.409 e. The molecule has 0 aromatic rings. The van der Waals surface area contributed by atoms with Crippen molar-refractivity contribution in [2.24, 2.45) is 16.3 Å². The van der Waals surface area contributed by atoms with E-state index in [0.29, 0.717) is 11.9 Å². The summed E-state index contributed by atoms with van der Waals surface area (Å²) < 4.78 is 0. The Balaban J connectivity index is 2.20. The zero-order valence-electron chi connectivity index (χ0n) is 11.6. The van der Waals surface area contributed by atoms with E-state index in [1.807, 2.05) is 13.8 Å². The Labute approximate surface area is 110 Å². The van der Waals surface area contributed by atoms with Gasteiger partial charge in [0.2, 0.25) is 0 Å². The van der Waals surface area contributed by atoms with Crippen molar-refractivity contribution in [3.63, 3.8) is 0 Å². The molecule has 0 atom stereocenters. The first-order chi connectivity index (χ1) is 8.51. The molecule has 1 aliphatic carbocycles. The number of nitrogens with two attached hydrogens (primary N) is 1. The molecule has 5 heteroatoms. The molecule has 0 saturated heterocycles. The van der Waals surface area contributed by atoms with Crippen LogP contribution in [0.5, 0.6) is 0 Å². The Kier molecular flexibility index (Phi) is 5.88. The van der Waals surface area contributed by atoms with Crippen LogP contribution in [-0.4, -0.2) is 46.8 Å². The summed E-state index contributed by atoms with van der Waals surface area (Å²) in [6.45, 7) is 6.06. The normalized spacial score (nSPS) is 17.4. The molecule has 0 heterocycles. The Hall–Kier alpha value is -0.810. The van der Waals surface area contributed by atoms with Crippen LogP contribution >= 0.6 is 0 Å². The van der Waals surface area contributed by atoms with Gasteiger partial charge >= 0.3 is 0 Å². The molecule has 5 nitrogen and oxygen atoms in total. The summed E-state index contributed by atoms with van der Waals surface area (Å²) in [4.78, 5) is 2.37. The summed E-state index contributed by atoms with van der Waals surface area (Å²) in [7, 11) is 0. The second kappa shape index (κ2) is 6.95. The molecule has 1 saturated carbocycles. The van der Waals surface area contributed by atoms with Gasteiger partial charge in [-0.25, -0.2) is 0 Å². The van der Waals surface area contributed by atoms with E-state index in [1.165, 1.54) is 12.8 Å². The van der Waals surface area contributed by atoms with Crippen LogP contribution in [0.3, 0.4) is 0 Å². The van der Waals surface area contributed by atoms with Crippen LogP contribution in [0.15, 0.2) is 5.16 Å². The molecule has 106 valence electrons. The van der Waals surface area contributed by atoms with Crippen molar-refractivity contribution < 1.29 is 10.3 Å². The molecule has 1 rings (SSSR count). The third-order valence-corrected chi connectivity index (χ3v) is 3.75. The first-order valence-electron chi connectivity index (χ1n) is 6.84. The number of hydrogen-bond donors (Lipinski definition) is 3. The highest BCUT2D eigenvalue weighted by Crippen LogP contribution is 2.28. The van der Waals surface area contributed by atoms with E-state index >= 15 is 0 Å². The highest BCUT2D eigenvalue weighted by atomic mass is 16.4. The van der Waals surface area contributed by atoms with Gasteiger partial charge in [0.05, 0.1) is 6.61 Å². The van der Waals surface area contributed by atoms with E-state index in [-0.39, 0.29) is 12.0 Å². The van der Waals surface area contributed by atoms with E-state index in [2.05, 4.69) is 10.1 Å².